The van der Waals surface area contributed by atoms with Crippen LogP contribution in [-0.4, -0.2) is 9.97 Å². The lowest BCUT2D eigenvalue weighted by Crippen LogP contribution is -2.27. The Morgan fingerprint density at radius 2 is 1.83 bits per heavy atom. The molecule has 0 bridgehead atoms. The van der Waals surface area contributed by atoms with Crippen LogP contribution in [0.3, 0.4) is 0 Å². The fourth-order valence-electron chi connectivity index (χ4n) is 4.49. The van der Waals surface area contributed by atoms with Crippen LogP contribution in [0.4, 0.5) is 5.82 Å². The summed E-state index contributed by atoms with van der Waals surface area (Å²) in [5, 5.41) is 0. The van der Waals surface area contributed by atoms with Gasteiger partial charge in [-0.05, 0) is 36.5 Å². The maximum Gasteiger partial charge on any atom is 0.141 e. The molecule has 1 aromatic rings. The summed E-state index contributed by atoms with van der Waals surface area (Å²) in [7, 11) is 0. The van der Waals surface area contributed by atoms with Gasteiger partial charge in [0, 0.05) is 5.92 Å². The van der Waals surface area contributed by atoms with Crippen LogP contribution in [0.2, 0.25) is 0 Å². The molecular weight excluding hydrogens is 282 g/mol. The molecule has 130 valence electrons. The maximum absolute atomic E-state index is 5.71. The van der Waals surface area contributed by atoms with Crippen LogP contribution in [0.15, 0.2) is 12.4 Å². The fraction of sp³-hybridized carbons (Fsp3) is 0.800. The largest absolute Gasteiger partial charge is 0.382 e. The predicted molar refractivity (Wildman–Crippen MR) is 98.3 cm³/mol. The molecule has 1 aliphatic rings. The van der Waals surface area contributed by atoms with Gasteiger partial charge in [0.05, 0.1) is 18.1 Å². The van der Waals surface area contributed by atoms with Gasteiger partial charge in [0.25, 0.3) is 0 Å². The summed E-state index contributed by atoms with van der Waals surface area (Å²) in [4.78, 5) is 8.86. The van der Waals surface area contributed by atoms with Crippen molar-refractivity contribution in [2.24, 2.45) is 10.8 Å². The minimum atomic E-state index is 0.336. The second kappa shape index (κ2) is 7.63. The van der Waals surface area contributed by atoms with E-state index in [0.717, 1.165) is 5.69 Å². The third-order valence-electron chi connectivity index (χ3n) is 5.75. The minimum Gasteiger partial charge on any atom is -0.382 e. The summed E-state index contributed by atoms with van der Waals surface area (Å²) in [6.45, 7) is 9.73. The van der Waals surface area contributed by atoms with E-state index in [0.29, 0.717) is 22.6 Å². The first-order valence-electron chi connectivity index (χ1n) is 9.41. The van der Waals surface area contributed by atoms with Gasteiger partial charge in [0.1, 0.15) is 5.82 Å². The molecular formula is C20H35N3. The minimum absolute atomic E-state index is 0.336. The monoisotopic (exact) mass is 317 g/mol. The van der Waals surface area contributed by atoms with Crippen LogP contribution in [0, 0.1) is 10.8 Å². The maximum atomic E-state index is 5.71. The van der Waals surface area contributed by atoms with Gasteiger partial charge in [0.15, 0.2) is 0 Å². The van der Waals surface area contributed by atoms with E-state index < -0.39 is 0 Å². The Morgan fingerprint density at radius 1 is 1.09 bits per heavy atom. The third kappa shape index (κ3) is 5.47. The van der Waals surface area contributed by atoms with Crippen molar-refractivity contribution in [3.63, 3.8) is 0 Å². The van der Waals surface area contributed by atoms with Crippen molar-refractivity contribution in [1.29, 1.82) is 0 Å². The smallest absolute Gasteiger partial charge is 0.141 e. The molecule has 1 aromatic heterocycles. The molecule has 2 unspecified atom stereocenters. The second-order valence-electron chi connectivity index (χ2n) is 8.73. The van der Waals surface area contributed by atoms with Crippen LogP contribution in [-0.2, 0) is 0 Å². The highest BCUT2D eigenvalue weighted by atomic mass is 14.9. The number of hydrogen-bond acceptors (Lipinski definition) is 3. The average molecular weight is 318 g/mol. The van der Waals surface area contributed by atoms with Gasteiger partial charge in [-0.15, -0.1) is 0 Å². The van der Waals surface area contributed by atoms with E-state index in [2.05, 4.69) is 37.7 Å². The lowest BCUT2D eigenvalue weighted by Gasteiger charge is -2.39. The first-order chi connectivity index (χ1) is 10.8. The van der Waals surface area contributed by atoms with Crippen molar-refractivity contribution < 1.29 is 0 Å². The summed E-state index contributed by atoms with van der Waals surface area (Å²) in [5.74, 6) is 1.03. The van der Waals surface area contributed by atoms with Gasteiger partial charge in [-0.2, -0.15) is 0 Å². The van der Waals surface area contributed by atoms with Crippen LogP contribution in [0.1, 0.15) is 97.1 Å². The second-order valence-corrected chi connectivity index (χ2v) is 8.73. The van der Waals surface area contributed by atoms with Gasteiger partial charge in [-0.3, -0.25) is 4.98 Å². The molecule has 1 aliphatic carbocycles. The molecule has 0 spiro atoms. The third-order valence-corrected chi connectivity index (χ3v) is 5.75. The summed E-state index contributed by atoms with van der Waals surface area (Å²) >= 11 is 0. The highest BCUT2D eigenvalue weighted by Gasteiger charge is 2.33. The Bertz CT molecular complexity index is 480. The van der Waals surface area contributed by atoms with E-state index in [1.165, 1.54) is 57.8 Å². The van der Waals surface area contributed by atoms with Crippen molar-refractivity contribution in [3.05, 3.63) is 18.1 Å². The molecule has 3 heteroatoms. The highest BCUT2D eigenvalue weighted by molar-refractivity contribution is 5.24. The normalized spacial score (nSPS) is 29.7. The van der Waals surface area contributed by atoms with E-state index in [4.69, 9.17) is 5.73 Å². The molecule has 0 radical (unpaired) electrons. The van der Waals surface area contributed by atoms with Crippen molar-refractivity contribution in [1.82, 2.24) is 9.97 Å². The molecule has 1 heterocycles. The zero-order valence-electron chi connectivity index (χ0n) is 15.6. The highest BCUT2D eigenvalue weighted by Crippen LogP contribution is 2.46. The number of rotatable bonds is 2. The lowest BCUT2D eigenvalue weighted by atomic mass is 9.67. The molecule has 23 heavy (non-hydrogen) atoms. The van der Waals surface area contributed by atoms with Gasteiger partial charge in [0.2, 0.25) is 0 Å². The topological polar surface area (TPSA) is 51.8 Å². The van der Waals surface area contributed by atoms with E-state index in [9.17, 15) is 0 Å². The van der Waals surface area contributed by atoms with Gasteiger partial charge < -0.3 is 5.73 Å². The van der Waals surface area contributed by atoms with E-state index in [1.54, 1.807) is 6.20 Å². The van der Waals surface area contributed by atoms with Crippen LogP contribution in [0.5, 0.6) is 0 Å². The zero-order chi connectivity index (χ0) is 16.9. The Kier molecular flexibility index (Phi) is 6.05. The van der Waals surface area contributed by atoms with E-state index >= 15 is 0 Å². The van der Waals surface area contributed by atoms with Crippen molar-refractivity contribution in [2.45, 2.75) is 91.4 Å². The zero-order valence-corrected chi connectivity index (χ0v) is 15.6. The van der Waals surface area contributed by atoms with Crippen molar-refractivity contribution in [3.8, 4) is 0 Å². The molecule has 0 amide bonds. The first kappa shape index (κ1) is 18.2. The van der Waals surface area contributed by atoms with Gasteiger partial charge in [-0.1, -0.05) is 59.8 Å². The molecule has 2 atom stereocenters. The number of aromatic nitrogens is 2. The van der Waals surface area contributed by atoms with E-state index in [-0.39, 0.29) is 0 Å². The standard InChI is InChI=1S/C20H35N3/c1-5-20(4)11-9-7-6-8-10-16(12-19(2,3)15-20)17-13-23-18(21)14-22-17/h13-14,16H,5-12,15H2,1-4H3,(H2,21,23). The molecule has 0 saturated heterocycles. The van der Waals surface area contributed by atoms with Crippen LogP contribution >= 0.6 is 0 Å². The quantitative estimate of drug-likeness (QED) is 0.759. The number of nitrogen functional groups attached to an aromatic ring is 1. The van der Waals surface area contributed by atoms with Crippen LogP contribution < -0.4 is 5.73 Å². The first-order valence-corrected chi connectivity index (χ1v) is 9.41. The predicted octanol–water partition coefficient (Wildman–Crippen LogP) is 5.72. The summed E-state index contributed by atoms with van der Waals surface area (Å²) in [6, 6.07) is 0. The number of nitrogens with zero attached hydrogens (tertiary/aromatic N) is 2. The summed E-state index contributed by atoms with van der Waals surface area (Å²) < 4.78 is 0. The summed E-state index contributed by atoms with van der Waals surface area (Å²) in [6.07, 6.45) is 15.4. The molecule has 2 N–H and O–H groups in total. The summed E-state index contributed by atoms with van der Waals surface area (Å²) in [5.41, 5.74) is 7.65. The Hall–Kier alpha value is -1.12. The fourth-order valence-corrected chi connectivity index (χ4v) is 4.49. The number of anilines is 1. The van der Waals surface area contributed by atoms with E-state index in [1.807, 2.05) is 6.20 Å². The molecule has 0 aromatic carbocycles. The van der Waals surface area contributed by atoms with Gasteiger partial charge in [-0.25, -0.2) is 4.98 Å². The SMILES string of the molecule is CCC1(C)CCCCCCC(c2cnc(N)cn2)CC(C)(C)C1. The Morgan fingerprint density at radius 3 is 2.48 bits per heavy atom. The lowest BCUT2D eigenvalue weighted by molar-refractivity contribution is 0.138. The van der Waals surface area contributed by atoms with Crippen LogP contribution in [0.25, 0.3) is 0 Å². The molecule has 3 nitrogen and oxygen atoms in total. The molecule has 0 aliphatic heterocycles. The molecule has 1 fully saturated rings. The molecule has 1 saturated carbocycles. The average Bonchev–Trinajstić information content (AvgIpc) is 2.51. The number of nitrogens with two attached hydrogens (primary N) is 1. The van der Waals surface area contributed by atoms with Crippen molar-refractivity contribution >= 4 is 5.82 Å². The Labute approximate surface area is 142 Å². The van der Waals surface area contributed by atoms with Gasteiger partial charge >= 0.3 is 0 Å². The number of hydrogen-bond donors (Lipinski definition) is 1. The van der Waals surface area contributed by atoms with Crippen molar-refractivity contribution in [2.75, 3.05) is 5.73 Å². The molecule has 2 rings (SSSR count). The Balaban J connectivity index is 2.20.